The van der Waals surface area contributed by atoms with Gasteiger partial charge in [-0.1, -0.05) is 18.1 Å². The Morgan fingerprint density at radius 3 is 2.67 bits per heavy atom. The number of aryl methyl sites for hydroxylation is 1. The van der Waals surface area contributed by atoms with Crippen LogP contribution >= 0.6 is 0 Å². The molecule has 6 nitrogen and oxygen atoms in total. The van der Waals surface area contributed by atoms with Crippen molar-refractivity contribution in [1.29, 1.82) is 0 Å². The molecule has 0 amide bonds. The quantitative estimate of drug-likeness (QED) is 0.524. The van der Waals surface area contributed by atoms with E-state index in [1.807, 2.05) is 19.1 Å². The Balaban J connectivity index is 2.02. The molecule has 0 unspecified atom stereocenters. The fourth-order valence-electron chi connectivity index (χ4n) is 2.84. The molecule has 1 aromatic heterocycles. The summed E-state index contributed by atoms with van der Waals surface area (Å²) in [5.74, 6) is 2.57. The predicted molar refractivity (Wildman–Crippen MR) is 106 cm³/mol. The first-order valence-corrected chi connectivity index (χ1v) is 9.64. The Kier molecular flexibility index (Phi) is 5.04. The number of hydrogen-bond acceptors (Lipinski definition) is 4. The monoisotopic (exact) mass is 382 g/mol. The lowest BCUT2D eigenvalue weighted by atomic mass is 9.98. The first-order chi connectivity index (χ1) is 12.8. The van der Waals surface area contributed by atoms with E-state index in [9.17, 15) is 13.2 Å². The fourth-order valence-corrected chi connectivity index (χ4v) is 3.38. The summed E-state index contributed by atoms with van der Waals surface area (Å²) in [4.78, 5) is 12.4. The van der Waals surface area contributed by atoms with Crippen LogP contribution in [0.5, 0.6) is 0 Å². The van der Waals surface area contributed by atoms with Crippen molar-refractivity contribution in [3.63, 3.8) is 0 Å². The van der Waals surface area contributed by atoms with E-state index in [1.54, 1.807) is 30.3 Å². The Labute approximate surface area is 157 Å². The van der Waals surface area contributed by atoms with E-state index in [-0.39, 0.29) is 0 Å². The number of rotatable bonds is 5. The first kappa shape index (κ1) is 18.7. The van der Waals surface area contributed by atoms with Gasteiger partial charge in [0.05, 0.1) is 5.69 Å². The molecule has 0 atom stereocenters. The van der Waals surface area contributed by atoms with E-state index in [4.69, 9.17) is 10.8 Å². The van der Waals surface area contributed by atoms with Gasteiger partial charge in [-0.25, -0.2) is 9.52 Å². The number of fused-ring (bicyclic) bond motifs is 1. The zero-order valence-corrected chi connectivity index (χ0v) is 15.7. The highest BCUT2D eigenvalue weighted by molar-refractivity contribution is 7.90. The maximum absolute atomic E-state index is 12.4. The van der Waals surface area contributed by atoms with Crippen molar-refractivity contribution in [2.24, 2.45) is 0 Å². The van der Waals surface area contributed by atoms with E-state index >= 15 is 0 Å². The van der Waals surface area contributed by atoms with Crippen molar-refractivity contribution in [2.75, 3.05) is 11.8 Å². The summed E-state index contributed by atoms with van der Waals surface area (Å²) in [5, 5.41) is 0.784. The maximum Gasteiger partial charge on any atom is 0.340 e. The van der Waals surface area contributed by atoms with Crippen molar-refractivity contribution in [3.05, 3.63) is 75.1 Å². The van der Waals surface area contributed by atoms with Gasteiger partial charge in [0.1, 0.15) is 5.58 Å². The number of nitrogens with one attached hydrogen (secondary N) is 2. The van der Waals surface area contributed by atoms with Gasteiger partial charge in [0.25, 0.3) is 10.2 Å². The third-order valence-electron chi connectivity index (χ3n) is 4.28. The second kappa shape index (κ2) is 7.27. The summed E-state index contributed by atoms with van der Waals surface area (Å²) in [6.45, 7) is 1.85. The second-order valence-electron chi connectivity index (χ2n) is 6.04. The first-order valence-electron chi connectivity index (χ1n) is 8.16. The molecular weight excluding hydrogens is 364 g/mol. The molecule has 2 aromatic carbocycles. The molecule has 3 aromatic rings. The zero-order valence-electron chi connectivity index (χ0n) is 14.9. The number of benzene rings is 2. The summed E-state index contributed by atoms with van der Waals surface area (Å²) in [5.41, 5.74) is 3.23. The molecule has 0 aliphatic rings. The van der Waals surface area contributed by atoms with Crippen molar-refractivity contribution in [2.45, 2.75) is 13.3 Å². The maximum atomic E-state index is 12.4. The Morgan fingerprint density at radius 1 is 1.19 bits per heavy atom. The van der Waals surface area contributed by atoms with Crippen LogP contribution in [0.2, 0.25) is 0 Å². The summed E-state index contributed by atoms with van der Waals surface area (Å²) in [6, 6.07) is 12.1. The van der Waals surface area contributed by atoms with Gasteiger partial charge in [-0.15, -0.1) is 6.42 Å². The molecule has 0 aliphatic carbocycles. The molecule has 27 heavy (non-hydrogen) atoms. The SMILES string of the molecule is C#Cc1ccc2oc(=O)c(Cc3cccc(NS(=O)(=O)NC)c3)c(C)c2c1. The van der Waals surface area contributed by atoms with Crippen molar-refractivity contribution >= 4 is 26.9 Å². The normalized spacial score (nSPS) is 11.3. The van der Waals surface area contributed by atoms with E-state index < -0.39 is 15.8 Å². The number of hydrogen-bond donors (Lipinski definition) is 2. The summed E-state index contributed by atoms with van der Waals surface area (Å²) in [7, 11) is -2.29. The largest absolute Gasteiger partial charge is 0.423 e. The molecule has 1 heterocycles. The van der Waals surface area contributed by atoms with Crippen LogP contribution in [0.15, 0.2) is 51.7 Å². The molecule has 0 aliphatic heterocycles. The smallest absolute Gasteiger partial charge is 0.340 e. The van der Waals surface area contributed by atoms with Gasteiger partial charge < -0.3 is 4.42 Å². The third kappa shape index (κ3) is 4.03. The average Bonchev–Trinajstić information content (AvgIpc) is 2.65. The van der Waals surface area contributed by atoms with Crippen molar-refractivity contribution in [3.8, 4) is 12.3 Å². The minimum Gasteiger partial charge on any atom is -0.423 e. The Morgan fingerprint density at radius 2 is 1.96 bits per heavy atom. The topological polar surface area (TPSA) is 88.4 Å². The lowest BCUT2D eigenvalue weighted by Crippen LogP contribution is -2.26. The van der Waals surface area contributed by atoms with Crippen LogP contribution in [-0.2, 0) is 16.6 Å². The van der Waals surface area contributed by atoms with Crippen LogP contribution in [0, 0.1) is 19.3 Å². The zero-order chi connectivity index (χ0) is 19.6. The number of terminal acetylenes is 1. The van der Waals surface area contributed by atoms with Crippen LogP contribution in [-0.4, -0.2) is 15.5 Å². The summed E-state index contributed by atoms with van der Waals surface area (Å²) in [6.07, 6.45) is 5.76. The molecular formula is C20H18N2O4S. The van der Waals surface area contributed by atoms with Crippen LogP contribution < -0.4 is 15.1 Å². The standard InChI is InChI=1S/C20H18N2O4S/c1-4-14-8-9-19-17(11-14)13(2)18(20(23)26-19)12-15-6-5-7-16(10-15)22-27(24,25)21-3/h1,5-11,21-22H,12H2,2-3H3. The molecule has 2 N–H and O–H groups in total. The Hall–Kier alpha value is -3.08. The van der Waals surface area contributed by atoms with E-state index in [2.05, 4.69) is 15.4 Å². The lowest BCUT2D eigenvalue weighted by molar-refractivity contribution is 0.551. The van der Waals surface area contributed by atoms with Crippen molar-refractivity contribution < 1.29 is 12.8 Å². The van der Waals surface area contributed by atoms with Gasteiger partial charge in [0.2, 0.25) is 0 Å². The minimum absolute atomic E-state index is 0.305. The summed E-state index contributed by atoms with van der Waals surface area (Å²) >= 11 is 0. The molecule has 138 valence electrons. The van der Waals surface area contributed by atoms with E-state index in [0.29, 0.717) is 28.8 Å². The summed E-state index contributed by atoms with van der Waals surface area (Å²) < 4.78 is 33.3. The van der Waals surface area contributed by atoms with E-state index in [1.165, 1.54) is 7.05 Å². The number of anilines is 1. The van der Waals surface area contributed by atoms with Gasteiger partial charge in [0.15, 0.2) is 0 Å². The highest BCUT2D eigenvalue weighted by Gasteiger charge is 2.13. The second-order valence-corrected chi connectivity index (χ2v) is 7.65. The molecule has 0 bridgehead atoms. The van der Waals surface area contributed by atoms with Gasteiger partial charge in [-0.2, -0.15) is 8.42 Å². The van der Waals surface area contributed by atoms with Crippen LogP contribution in [0.4, 0.5) is 5.69 Å². The third-order valence-corrected chi connectivity index (χ3v) is 5.32. The van der Waals surface area contributed by atoms with Gasteiger partial charge in [-0.05, 0) is 48.4 Å². The van der Waals surface area contributed by atoms with Crippen LogP contribution in [0.3, 0.4) is 0 Å². The molecule has 7 heteroatoms. The fraction of sp³-hybridized carbons (Fsp3) is 0.150. The van der Waals surface area contributed by atoms with Crippen molar-refractivity contribution in [1.82, 2.24) is 4.72 Å². The average molecular weight is 382 g/mol. The van der Waals surface area contributed by atoms with Gasteiger partial charge in [0, 0.05) is 30.0 Å². The molecule has 0 saturated heterocycles. The Bertz CT molecular complexity index is 1220. The highest BCUT2D eigenvalue weighted by Crippen LogP contribution is 2.23. The predicted octanol–water partition coefficient (Wildman–Crippen LogP) is 2.55. The van der Waals surface area contributed by atoms with Gasteiger partial charge in [-0.3, -0.25) is 4.72 Å². The lowest BCUT2D eigenvalue weighted by Gasteiger charge is -2.10. The molecule has 0 fully saturated rings. The molecule has 3 rings (SSSR count). The van der Waals surface area contributed by atoms with Gasteiger partial charge >= 0.3 is 5.63 Å². The molecule has 0 radical (unpaired) electrons. The van der Waals surface area contributed by atoms with Crippen LogP contribution in [0.1, 0.15) is 22.3 Å². The molecule has 0 saturated carbocycles. The minimum atomic E-state index is -3.61. The van der Waals surface area contributed by atoms with E-state index in [0.717, 1.165) is 16.5 Å². The molecule has 0 spiro atoms. The van der Waals surface area contributed by atoms with Crippen LogP contribution in [0.25, 0.3) is 11.0 Å². The highest BCUT2D eigenvalue weighted by atomic mass is 32.2.